The monoisotopic (exact) mass is 410 g/mol. The second-order valence-electron chi connectivity index (χ2n) is 7.13. The normalized spacial score (nSPS) is 15.0. The molecule has 2 rings (SSSR count). The highest BCUT2D eigenvalue weighted by atomic mass is 32.2. The summed E-state index contributed by atoms with van der Waals surface area (Å²) in [6.45, 7) is 0.921. The molecule has 1 aliphatic carbocycles. The Balaban J connectivity index is 1.54. The maximum absolute atomic E-state index is 11.8. The van der Waals surface area contributed by atoms with Gasteiger partial charge in [0.1, 0.15) is 0 Å². The molecule has 0 spiro atoms. The van der Waals surface area contributed by atoms with Crippen LogP contribution in [0.2, 0.25) is 0 Å². The number of primary sulfonamides is 1. The minimum absolute atomic E-state index is 0.0697. The molecule has 1 fully saturated rings. The van der Waals surface area contributed by atoms with Crippen molar-refractivity contribution >= 4 is 22.0 Å². The van der Waals surface area contributed by atoms with Crippen LogP contribution in [0.5, 0.6) is 0 Å². The van der Waals surface area contributed by atoms with Gasteiger partial charge < -0.3 is 16.0 Å². The van der Waals surface area contributed by atoms with Crippen molar-refractivity contribution in [3.63, 3.8) is 0 Å². The number of rotatable bonds is 9. The van der Waals surface area contributed by atoms with Gasteiger partial charge in [0.2, 0.25) is 15.9 Å². The van der Waals surface area contributed by atoms with E-state index in [-0.39, 0.29) is 22.9 Å². The molecular weight excluding hydrogens is 380 g/mol. The van der Waals surface area contributed by atoms with Crippen LogP contribution >= 0.6 is 0 Å². The first kappa shape index (κ1) is 22.2. The molecule has 3 amide bonds. The molecule has 0 aromatic heterocycles. The molecule has 5 N–H and O–H groups in total. The third kappa shape index (κ3) is 8.26. The summed E-state index contributed by atoms with van der Waals surface area (Å²) in [5.41, 5.74) is 0.911. The van der Waals surface area contributed by atoms with Crippen LogP contribution in [0.15, 0.2) is 29.2 Å². The van der Waals surface area contributed by atoms with Crippen LogP contribution in [-0.4, -0.2) is 39.5 Å². The van der Waals surface area contributed by atoms with E-state index in [4.69, 9.17) is 5.14 Å². The van der Waals surface area contributed by atoms with Gasteiger partial charge in [0, 0.05) is 25.6 Å². The van der Waals surface area contributed by atoms with E-state index >= 15 is 0 Å². The molecule has 156 valence electrons. The zero-order valence-electron chi connectivity index (χ0n) is 16.1. The van der Waals surface area contributed by atoms with Gasteiger partial charge in [0.25, 0.3) is 0 Å². The summed E-state index contributed by atoms with van der Waals surface area (Å²) >= 11 is 0. The number of nitrogens with two attached hydrogens (primary N) is 1. The zero-order valence-corrected chi connectivity index (χ0v) is 16.9. The van der Waals surface area contributed by atoms with Crippen LogP contribution in [-0.2, 0) is 21.2 Å². The number of benzene rings is 1. The van der Waals surface area contributed by atoms with E-state index in [0.717, 1.165) is 18.4 Å². The van der Waals surface area contributed by atoms with Gasteiger partial charge in [0.05, 0.1) is 4.90 Å². The SMILES string of the molecule is NS(=O)(=O)c1ccc(CCNC(=O)CCCNC(=O)NC2CCCCC2)cc1. The van der Waals surface area contributed by atoms with Gasteiger partial charge in [0.15, 0.2) is 0 Å². The van der Waals surface area contributed by atoms with Gasteiger partial charge in [-0.1, -0.05) is 31.4 Å². The van der Waals surface area contributed by atoms with Crippen LogP contribution in [0.3, 0.4) is 0 Å². The molecule has 8 nitrogen and oxygen atoms in total. The van der Waals surface area contributed by atoms with Crippen molar-refractivity contribution in [2.24, 2.45) is 5.14 Å². The Bertz CT molecular complexity index is 744. The number of hydrogen-bond donors (Lipinski definition) is 4. The van der Waals surface area contributed by atoms with Crippen molar-refractivity contribution in [1.29, 1.82) is 0 Å². The topological polar surface area (TPSA) is 130 Å². The third-order valence-electron chi connectivity index (χ3n) is 4.79. The second kappa shape index (κ2) is 11.0. The molecule has 9 heteroatoms. The number of nitrogens with one attached hydrogen (secondary N) is 3. The summed E-state index contributed by atoms with van der Waals surface area (Å²) in [7, 11) is -3.69. The number of carbonyl (C=O) groups excluding carboxylic acids is 2. The van der Waals surface area contributed by atoms with Crippen LogP contribution in [0.1, 0.15) is 50.5 Å². The van der Waals surface area contributed by atoms with Crippen LogP contribution in [0, 0.1) is 0 Å². The minimum Gasteiger partial charge on any atom is -0.356 e. The Kier molecular flexibility index (Phi) is 8.72. The highest BCUT2D eigenvalue weighted by Crippen LogP contribution is 2.17. The van der Waals surface area contributed by atoms with E-state index in [1.165, 1.54) is 31.4 Å². The van der Waals surface area contributed by atoms with Gasteiger partial charge >= 0.3 is 6.03 Å². The molecule has 1 aromatic rings. The molecule has 0 radical (unpaired) electrons. The predicted molar refractivity (Wildman–Crippen MR) is 107 cm³/mol. The smallest absolute Gasteiger partial charge is 0.315 e. The fraction of sp³-hybridized carbons (Fsp3) is 0.579. The average molecular weight is 411 g/mol. The lowest BCUT2D eigenvalue weighted by Crippen LogP contribution is -2.43. The number of amides is 3. The van der Waals surface area contributed by atoms with Gasteiger partial charge in [-0.05, 0) is 43.4 Å². The fourth-order valence-corrected chi connectivity index (χ4v) is 3.73. The zero-order chi connectivity index (χ0) is 20.4. The van der Waals surface area contributed by atoms with Crippen molar-refractivity contribution < 1.29 is 18.0 Å². The molecular formula is C19H30N4O4S. The largest absolute Gasteiger partial charge is 0.356 e. The minimum atomic E-state index is -3.69. The first-order valence-corrected chi connectivity index (χ1v) is 11.3. The van der Waals surface area contributed by atoms with Gasteiger partial charge in [-0.3, -0.25) is 4.79 Å². The predicted octanol–water partition coefficient (Wildman–Crippen LogP) is 1.40. The molecule has 0 atom stereocenters. The molecule has 0 bridgehead atoms. The highest BCUT2D eigenvalue weighted by molar-refractivity contribution is 7.89. The Hall–Kier alpha value is -2.13. The van der Waals surface area contributed by atoms with Crippen molar-refractivity contribution in [2.75, 3.05) is 13.1 Å². The maximum Gasteiger partial charge on any atom is 0.315 e. The summed E-state index contributed by atoms with van der Waals surface area (Å²) < 4.78 is 22.4. The number of urea groups is 1. The van der Waals surface area contributed by atoms with Gasteiger partial charge in [-0.2, -0.15) is 0 Å². The Morgan fingerprint density at radius 3 is 2.32 bits per heavy atom. The van der Waals surface area contributed by atoms with E-state index < -0.39 is 10.0 Å². The molecule has 1 saturated carbocycles. The van der Waals surface area contributed by atoms with Crippen LogP contribution < -0.4 is 21.1 Å². The molecule has 28 heavy (non-hydrogen) atoms. The lowest BCUT2D eigenvalue weighted by atomic mass is 9.96. The standard InChI is InChI=1S/C19H30N4O4S/c20-28(26,27)17-10-8-15(9-11-17)12-14-21-18(24)7-4-13-22-19(25)23-16-5-2-1-3-6-16/h8-11,16H,1-7,12-14H2,(H,21,24)(H2,20,26,27)(H2,22,23,25). The number of hydrogen-bond acceptors (Lipinski definition) is 4. The van der Waals surface area contributed by atoms with Crippen LogP contribution in [0.4, 0.5) is 4.79 Å². The lowest BCUT2D eigenvalue weighted by Gasteiger charge is -2.22. The Morgan fingerprint density at radius 2 is 1.68 bits per heavy atom. The van der Waals surface area contributed by atoms with Crippen molar-refractivity contribution in [2.45, 2.75) is 62.3 Å². The molecule has 0 saturated heterocycles. The Labute approximate surface area is 166 Å². The fourth-order valence-electron chi connectivity index (χ4n) is 3.21. The quantitative estimate of drug-likeness (QED) is 0.458. The summed E-state index contributed by atoms with van der Waals surface area (Å²) in [6.07, 6.45) is 7.18. The number of carbonyl (C=O) groups is 2. The van der Waals surface area contributed by atoms with E-state index in [1.54, 1.807) is 12.1 Å². The van der Waals surface area contributed by atoms with E-state index in [0.29, 0.717) is 32.4 Å². The van der Waals surface area contributed by atoms with E-state index in [2.05, 4.69) is 16.0 Å². The average Bonchev–Trinajstić information content (AvgIpc) is 2.66. The molecule has 0 aliphatic heterocycles. The second-order valence-corrected chi connectivity index (χ2v) is 8.69. The van der Waals surface area contributed by atoms with E-state index in [9.17, 15) is 18.0 Å². The molecule has 0 heterocycles. The third-order valence-corrected chi connectivity index (χ3v) is 5.72. The van der Waals surface area contributed by atoms with Crippen molar-refractivity contribution in [3.05, 3.63) is 29.8 Å². The number of sulfonamides is 1. The van der Waals surface area contributed by atoms with Gasteiger partial charge in [-0.25, -0.2) is 18.4 Å². The van der Waals surface area contributed by atoms with Crippen molar-refractivity contribution in [3.8, 4) is 0 Å². The first-order valence-electron chi connectivity index (χ1n) is 9.77. The van der Waals surface area contributed by atoms with Crippen molar-refractivity contribution in [1.82, 2.24) is 16.0 Å². The van der Waals surface area contributed by atoms with E-state index in [1.807, 2.05) is 0 Å². The first-order chi connectivity index (χ1) is 13.3. The summed E-state index contributed by atoms with van der Waals surface area (Å²) in [4.78, 5) is 23.7. The Morgan fingerprint density at radius 1 is 1.00 bits per heavy atom. The molecule has 0 unspecified atom stereocenters. The summed E-state index contributed by atoms with van der Waals surface area (Å²) in [6, 6.07) is 6.39. The molecule has 1 aromatic carbocycles. The summed E-state index contributed by atoms with van der Waals surface area (Å²) in [5, 5.41) is 13.6. The summed E-state index contributed by atoms with van der Waals surface area (Å²) in [5.74, 6) is -0.0735. The maximum atomic E-state index is 11.8. The molecule has 1 aliphatic rings. The lowest BCUT2D eigenvalue weighted by molar-refractivity contribution is -0.121. The highest BCUT2D eigenvalue weighted by Gasteiger charge is 2.15. The van der Waals surface area contributed by atoms with Gasteiger partial charge in [-0.15, -0.1) is 0 Å². The van der Waals surface area contributed by atoms with Crippen LogP contribution in [0.25, 0.3) is 0 Å².